The van der Waals surface area contributed by atoms with Crippen molar-refractivity contribution in [1.29, 1.82) is 0 Å². The molecule has 0 aliphatic heterocycles. The van der Waals surface area contributed by atoms with Crippen molar-refractivity contribution >= 4 is 22.3 Å². The molecule has 3 nitrogen and oxygen atoms in total. The minimum atomic E-state index is 0.171. The fourth-order valence-electron chi connectivity index (χ4n) is 4.65. The maximum absolute atomic E-state index is 12.6. The van der Waals surface area contributed by atoms with Crippen LogP contribution in [0.15, 0.2) is 23.9 Å². The zero-order chi connectivity index (χ0) is 16.0. The fraction of sp³-hybridized carbons (Fsp3) is 0.500. The highest BCUT2D eigenvalue weighted by atomic mass is 16.1. The lowest BCUT2D eigenvalue weighted by Gasteiger charge is -2.35. The van der Waals surface area contributed by atoms with Crippen LogP contribution in [0.1, 0.15) is 63.5 Å². The van der Waals surface area contributed by atoms with Gasteiger partial charge in [-0.25, -0.2) is 0 Å². The van der Waals surface area contributed by atoms with Crippen LogP contribution in [-0.2, 0) is 11.2 Å². The van der Waals surface area contributed by atoms with E-state index < -0.39 is 0 Å². The maximum Gasteiger partial charge on any atom is 0.159 e. The van der Waals surface area contributed by atoms with Crippen molar-refractivity contribution in [3.05, 3.63) is 35.0 Å². The predicted molar refractivity (Wildman–Crippen MR) is 93.2 cm³/mol. The standard InChI is InChI=1S/C20H24N2O/c1-3-5-6-14-18(23)9-10-20(4-2)11-15-13(19(14)20)7-8-17-16(15)12-21-22-17/h7-8,12H,3-6,9-11H2,1-2H3,(H,21,22). The van der Waals surface area contributed by atoms with E-state index in [2.05, 4.69) is 36.2 Å². The van der Waals surface area contributed by atoms with E-state index in [-0.39, 0.29) is 5.41 Å². The molecule has 1 unspecified atom stereocenters. The number of Topliss-reactive ketones (excluding diaryl/α,β-unsaturated/α-hetero) is 1. The number of carbonyl (C=O) groups is 1. The average Bonchev–Trinajstić information content (AvgIpc) is 3.16. The lowest BCUT2D eigenvalue weighted by molar-refractivity contribution is -0.116. The quantitative estimate of drug-likeness (QED) is 0.880. The zero-order valence-electron chi connectivity index (χ0n) is 14.0. The number of hydrogen-bond acceptors (Lipinski definition) is 2. The Hall–Kier alpha value is -1.90. The number of unbranched alkanes of at least 4 members (excludes halogenated alkanes) is 1. The van der Waals surface area contributed by atoms with Gasteiger partial charge >= 0.3 is 0 Å². The molecule has 1 heterocycles. The number of H-pyrrole nitrogens is 1. The summed E-state index contributed by atoms with van der Waals surface area (Å²) in [5, 5.41) is 8.54. The van der Waals surface area contributed by atoms with Crippen LogP contribution in [0.25, 0.3) is 16.5 Å². The van der Waals surface area contributed by atoms with Gasteiger partial charge in [0.1, 0.15) is 0 Å². The van der Waals surface area contributed by atoms with Crippen LogP contribution in [0.2, 0.25) is 0 Å². The molecule has 0 radical (unpaired) electrons. The molecule has 0 fully saturated rings. The third kappa shape index (κ3) is 2.02. The van der Waals surface area contributed by atoms with Crippen molar-refractivity contribution in [1.82, 2.24) is 10.2 Å². The smallest absolute Gasteiger partial charge is 0.159 e. The molecule has 1 aromatic carbocycles. The monoisotopic (exact) mass is 308 g/mol. The number of allylic oxidation sites excluding steroid dienone is 2. The summed E-state index contributed by atoms with van der Waals surface area (Å²) in [7, 11) is 0. The molecule has 2 aromatic rings. The Morgan fingerprint density at radius 2 is 2.17 bits per heavy atom. The highest BCUT2D eigenvalue weighted by molar-refractivity contribution is 6.07. The first-order valence-corrected chi connectivity index (χ1v) is 8.92. The van der Waals surface area contributed by atoms with E-state index in [1.165, 1.54) is 22.1 Å². The van der Waals surface area contributed by atoms with Crippen molar-refractivity contribution < 1.29 is 4.79 Å². The molecule has 1 atom stereocenters. The number of nitrogens with zero attached hydrogens (tertiary/aromatic N) is 1. The minimum absolute atomic E-state index is 0.171. The van der Waals surface area contributed by atoms with E-state index in [0.29, 0.717) is 5.78 Å². The van der Waals surface area contributed by atoms with Crippen LogP contribution >= 0.6 is 0 Å². The van der Waals surface area contributed by atoms with E-state index in [9.17, 15) is 4.79 Å². The molecule has 0 amide bonds. The van der Waals surface area contributed by atoms with Gasteiger partial charge in [-0.05, 0) is 60.4 Å². The van der Waals surface area contributed by atoms with E-state index in [1.807, 2.05) is 6.20 Å². The molecule has 0 saturated heterocycles. The molecule has 2 aliphatic carbocycles. The molecule has 120 valence electrons. The summed E-state index contributed by atoms with van der Waals surface area (Å²) in [4.78, 5) is 12.6. The fourth-order valence-corrected chi connectivity index (χ4v) is 4.65. The third-order valence-electron chi connectivity index (χ3n) is 5.98. The highest BCUT2D eigenvalue weighted by Gasteiger charge is 2.46. The first kappa shape index (κ1) is 14.7. The minimum Gasteiger partial charge on any atom is -0.295 e. The summed E-state index contributed by atoms with van der Waals surface area (Å²) in [5.41, 5.74) is 6.50. The van der Waals surface area contributed by atoms with Gasteiger partial charge in [0.2, 0.25) is 0 Å². The molecular formula is C20H24N2O. The summed E-state index contributed by atoms with van der Waals surface area (Å²) < 4.78 is 0. The normalized spacial score (nSPS) is 23.5. The average molecular weight is 308 g/mol. The second-order valence-electron chi connectivity index (χ2n) is 7.11. The van der Waals surface area contributed by atoms with Crippen LogP contribution in [0.5, 0.6) is 0 Å². The number of aromatic nitrogens is 2. The van der Waals surface area contributed by atoms with Gasteiger partial charge in [-0.15, -0.1) is 0 Å². The molecule has 2 aliphatic rings. The molecule has 1 aromatic heterocycles. The van der Waals surface area contributed by atoms with Crippen molar-refractivity contribution in [3.63, 3.8) is 0 Å². The number of carbonyl (C=O) groups excluding carboxylic acids is 1. The van der Waals surface area contributed by atoms with E-state index in [4.69, 9.17) is 0 Å². The first-order chi connectivity index (χ1) is 11.2. The summed E-state index contributed by atoms with van der Waals surface area (Å²) in [6, 6.07) is 4.34. The van der Waals surface area contributed by atoms with Crippen LogP contribution in [0, 0.1) is 5.41 Å². The van der Waals surface area contributed by atoms with Gasteiger partial charge in [0.25, 0.3) is 0 Å². The Morgan fingerprint density at radius 1 is 1.30 bits per heavy atom. The second kappa shape index (κ2) is 5.33. The molecular weight excluding hydrogens is 284 g/mol. The van der Waals surface area contributed by atoms with Gasteiger partial charge < -0.3 is 0 Å². The van der Waals surface area contributed by atoms with Crippen molar-refractivity contribution in [3.8, 4) is 0 Å². The molecule has 0 saturated carbocycles. The number of ketones is 1. The van der Waals surface area contributed by atoms with E-state index in [1.54, 1.807) is 0 Å². The van der Waals surface area contributed by atoms with E-state index >= 15 is 0 Å². The molecule has 3 heteroatoms. The third-order valence-corrected chi connectivity index (χ3v) is 5.98. The Morgan fingerprint density at radius 3 is 2.96 bits per heavy atom. The topological polar surface area (TPSA) is 45.8 Å². The lowest BCUT2D eigenvalue weighted by atomic mass is 9.67. The maximum atomic E-state index is 12.6. The molecule has 23 heavy (non-hydrogen) atoms. The van der Waals surface area contributed by atoms with Gasteiger partial charge in [-0.2, -0.15) is 5.10 Å². The predicted octanol–water partition coefficient (Wildman–Crippen LogP) is 4.82. The number of rotatable bonds is 4. The van der Waals surface area contributed by atoms with Crippen LogP contribution in [0.3, 0.4) is 0 Å². The summed E-state index contributed by atoms with van der Waals surface area (Å²) in [5.74, 6) is 0.387. The number of benzene rings is 1. The Labute approximate surface area is 137 Å². The summed E-state index contributed by atoms with van der Waals surface area (Å²) >= 11 is 0. The SMILES string of the molecule is CCCCC1=C2c3ccc4[nH]ncc4c3CC2(CC)CCC1=O. The molecule has 4 rings (SSSR count). The van der Waals surface area contributed by atoms with Gasteiger partial charge in [0, 0.05) is 17.2 Å². The van der Waals surface area contributed by atoms with Gasteiger partial charge in [0.15, 0.2) is 5.78 Å². The molecule has 1 N–H and O–H groups in total. The van der Waals surface area contributed by atoms with Crippen LogP contribution in [-0.4, -0.2) is 16.0 Å². The summed E-state index contributed by atoms with van der Waals surface area (Å²) in [6.07, 6.45) is 9.02. The number of nitrogens with one attached hydrogen (secondary N) is 1. The van der Waals surface area contributed by atoms with Gasteiger partial charge in [0.05, 0.1) is 11.7 Å². The first-order valence-electron chi connectivity index (χ1n) is 8.92. The van der Waals surface area contributed by atoms with Crippen molar-refractivity contribution in [2.75, 3.05) is 0 Å². The Kier molecular flexibility index (Phi) is 3.40. The Bertz CT molecular complexity index is 814. The number of aromatic amines is 1. The van der Waals surface area contributed by atoms with Crippen molar-refractivity contribution in [2.24, 2.45) is 5.41 Å². The van der Waals surface area contributed by atoms with Crippen LogP contribution < -0.4 is 0 Å². The molecule has 0 bridgehead atoms. The molecule has 0 spiro atoms. The van der Waals surface area contributed by atoms with Gasteiger partial charge in [-0.3, -0.25) is 9.89 Å². The largest absolute Gasteiger partial charge is 0.295 e. The van der Waals surface area contributed by atoms with Crippen LogP contribution in [0.4, 0.5) is 0 Å². The van der Waals surface area contributed by atoms with Gasteiger partial charge in [-0.1, -0.05) is 26.3 Å². The highest BCUT2D eigenvalue weighted by Crippen LogP contribution is 2.57. The summed E-state index contributed by atoms with van der Waals surface area (Å²) in [6.45, 7) is 4.48. The second-order valence-corrected chi connectivity index (χ2v) is 7.11. The van der Waals surface area contributed by atoms with Crippen molar-refractivity contribution in [2.45, 2.75) is 58.8 Å². The van der Waals surface area contributed by atoms with E-state index in [0.717, 1.165) is 56.0 Å². The number of fused-ring (bicyclic) bond motifs is 5. The number of hydrogen-bond donors (Lipinski definition) is 1. The lowest BCUT2D eigenvalue weighted by Crippen LogP contribution is -2.28. The Balaban J connectivity index is 1.97. The zero-order valence-corrected chi connectivity index (χ0v) is 14.0.